The Morgan fingerprint density at radius 1 is 0.594 bits per heavy atom. The minimum absolute atomic E-state index is 0.215. The number of aryl methyl sites for hydroxylation is 1. The number of rotatable bonds is 5. The van der Waals surface area contributed by atoms with Crippen LogP contribution in [-0.2, 0) is 4.57 Å². The summed E-state index contributed by atoms with van der Waals surface area (Å²) in [4.78, 5) is 19.3. The van der Waals surface area contributed by atoms with Crippen molar-refractivity contribution in [2.24, 2.45) is 0 Å². The second-order valence-corrected chi connectivity index (χ2v) is 9.05. The molecule has 4 nitrogen and oxygen atoms in total. The van der Waals surface area contributed by atoms with Crippen LogP contribution in [0.5, 0.6) is 5.75 Å². The van der Waals surface area contributed by atoms with Crippen molar-refractivity contribution in [3.8, 4) is 39.1 Å². The highest BCUT2D eigenvalue weighted by Crippen LogP contribution is 2.51. The molecule has 0 fully saturated rings. The molecule has 0 saturated carbocycles. The molecule has 0 saturated heterocycles. The number of hydrogen-bond acceptors (Lipinski definition) is 2. The van der Waals surface area contributed by atoms with Crippen molar-refractivity contribution in [3.05, 3.63) is 102 Å². The first-order valence-electron chi connectivity index (χ1n) is 10.4. The Morgan fingerprint density at radius 2 is 1.00 bits per heavy atom. The molecule has 0 aliphatic carbocycles. The van der Waals surface area contributed by atoms with Crippen LogP contribution < -0.4 is 4.52 Å². The summed E-state index contributed by atoms with van der Waals surface area (Å²) in [5.41, 5.74) is 8.26. The van der Waals surface area contributed by atoms with E-state index in [1.165, 1.54) is 0 Å². The first-order valence-corrected chi connectivity index (χ1v) is 11.9. The van der Waals surface area contributed by atoms with Crippen molar-refractivity contribution in [1.82, 2.24) is 0 Å². The van der Waals surface area contributed by atoms with Crippen LogP contribution in [0.4, 0.5) is 0 Å². The Bertz CT molecular complexity index is 1220. The number of benzene rings is 4. The molecule has 0 atom stereocenters. The van der Waals surface area contributed by atoms with E-state index in [4.69, 9.17) is 4.52 Å². The van der Waals surface area contributed by atoms with Crippen LogP contribution in [0.3, 0.4) is 0 Å². The Kier molecular flexibility index (Phi) is 6.03. The average Bonchev–Trinajstić information content (AvgIpc) is 2.77. The Labute approximate surface area is 188 Å². The first-order chi connectivity index (χ1) is 15.3. The van der Waals surface area contributed by atoms with E-state index in [0.717, 1.165) is 38.9 Å². The maximum absolute atomic E-state index is 11.9. The molecular weight excluding hydrogens is 419 g/mol. The largest absolute Gasteiger partial charge is 0.524 e. The van der Waals surface area contributed by atoms with Crippen LogP contribution in [0, 0.1) is 20.8 Å². The maximum atomic E-state index is 11.9. The van der Waals surface area contributed by atoms with Gasteiger partial charge in [0.15, 0.2) is 0 Å². The lowest BCUT2D eigenvalue weighted by Crippen LogP contribution is -2.03. The van der Waals surface area contributed by atoms with Gasteiger partial charge in [-0.15, -0.1) is 0 Å². The van der Waals surface area contributed by atoms with E-state index >= 15 is 0 Å². The number of phosphoric acid groups is 1. The molecule has 4 aromatic carbocycles. The van der Waals surface area contributed by atoms with Crippen LogP contribution in [-0.4, -0.2) is 9.79 Å². The summed E-state index contributed by atoms with van der Waals surface area (Å²) in [7, 11) is -4.76. The highest BCUT2D eigenvalue weighted by atomic mass is 31.2. The Balaban J connectivity index is 2.19. The van der Waals surface area contributed by atoms with E-state index in [1.807, 2.05) is 81.4 Å². The van der Waals surface area contributed by atoms with Crippen molar-refractivity contribution < 1.29 is 18.9 Å². The molecule has 32 heavy (non-hydrogen) atoms. The molecular formula is C27H25O4P. The van der Waals surface area contributed by atoms with E-state index in [-0.39, 0.29) is 5.75 Å². The quantitative estimate of drug-likeness (QED) is 0.323. The van der Waals surface area contributed by atoms with Gasteiger partial charge in [0.1, 0.15) is 5.75 Å². The lowest BCUT2D eigenvalue weighted by molar-refractivity contribution is 0.282. The van der Waals surface area contributed by atoms with Crippen LogP contribution in [0.1, 0.15) is 16.7 Å². The Morgan fingerprint density at radius 3 is 1.41 bits per heavy atom. The fourth-order valence-electron chi connectivity index (χ4n) is 4.20. The van der Waals surface area contributed by atoms with Gasteiger partial charge in [-0.05, 0) is 54.2 Å². The normalized spacial score (nSPS) is 11.4. The van der Waals surface area contributed by atoms with Crippen molar-refractivity contribution >= 4 is 7.82 Å². The zero-order valence-corrected chi connectivity index (χ0v) is 19.1. The lowest BCUT2D eigenvalue weighted by Gasteiger charge is -2.25. The van der Waals surface area contributed by atoms with Gasteiger partial charge in [-0.2, -0.15) is 0 Å². The van der Waals surface area contributed by atoms with Crippen molar-refractivity contribution in [2.75, 3.05) is 0 Å². The zero-order chi connectivity index (χ0) is 22.9. The number of hydrogen-bond donors (Lipinski definition) is 2. The second-order valence-electron chi connectivity index (χ2n) is 7.88. The predicted octanol–water partition coefficient (Wildman–Crippen LogP) is 7.08. The van der Waals surface area contributed by atoms with Gasteiger partial charge in [0.25, 0.3) is 0 Å². The molecule has 0 aromatic heterocycles. The minimum atomic E-state index is -4.76. The zero-order valence-electron chi connectivity index (χ0n) is 18.2. The monoisotopic (exact) mass is 444 g/mol. The lowest BCUT2D eigenvalue weighted by atomic mass is 9.82. The van der Waals surface area contributed by atoms with Crippen molar-refractivity contribution in [3.63, 3.8) is 0 Å². The van der Waals surface area contributed by atoms with E-state index < -0.39 is 7.82 Å². The third-order valence-electron chi connectivity index (χ3n) is 5.61. The molecule has 0 radical (unpaired) electrons. The maximum Gasteiger partial charge on any atom is 0.524 e. The fourth-order valence-corrected chi connectivity index (χ4v) is 4.72. The van der Waals surface area contributed by atoms with Gasteiger partial charge in [-0.25, -0.2) is 4.57 Å². The minimum Gasteiger partial charge on any atom is -0.404 e. The van der Waals surface area contributed by atoms with Gasteiger partial charge in [0.05, 0.1) is 0 Å². The molecule has 0 unspecified atom stereocenters. The average molecular weight is 444 g/mol. The topological polar surface area (TPSA) is 66.8 Å². The highest BCUT2D eigenvalue weighted by Gasteiger charge is 2.27. The molecule has 0 amide bonds. The van der Waals surface area contributed by atoms with Gasteiger partial charge in [0, 0.05) is 11.1 Å². The molecule has 0 aliphatic heterocycles. The van der Waals surface area contributed by atoms with E-state index in [2.05, 4.69) is 24.3 Å². The summed E-state index contributed by atoms with van der Waals surface area (Å²) in [5.74, 6) is 0.215. The summed E-state index contributed by atoms with van der Waals surface area (Å²) in [6.07, 6.45) is 0. The highest BCUT2D eigenvalue weighted by molar-refractivity contribution is 7.46. The van der Waals surface area contributed by atoms with E-state index in [1.54, 1.807) is 0 Å². The second kappa shape index (κ2) is 8.76. The van der Waals surface area contributed by atoms with Crippen molar-refractivity contribution in [1.29, 1.82) is 0 Å². The standard InChI is InChI=1S/C27H25O4P/c1-18-14-16-23(17-15-18)26-24(21-10-6-4-7-11-21)19(2)27(31-32(28,29)30)20(3)25(26)22-12-8-5-9-13-22/h4-17H,1-3H3,(H2,28,29,30). The molecule has 0 heterocycles. The van der Waals surface area contributed by atoms with Gasteiger partial charge >= 0.3 is 7.82 Å². The number of phosphoric ester groups is 1. The van der Waals surface area contributed by atoms with Gasteiger partial charge in [0.2, 0.25) is 0 Å². The molecule has 162 valence electrons. The molecule has 4 rings (SSSR count). The SMILES string of the molecule is Cc1ccc(-c2c(-c3ccccc3)c(C)c(OP(=O)(O)O)c(C)c2-c2ccccc2)cc1. The summed E-state index contributed by atoms with van der Waals surface area (Å²) >= 11 is 0. The third kappa shape index (κ3) is 4.39. The van der Waals surface area contributed by atoms with Crippen LogP contribution in [0.2, 0.25) is 0 Å². The van der Waals surface area contributed by atoms with E-state index in [9.17, 15) is 14.4 Å². The van der Waals surface area contributed by atoms with Crippen molar-refractivity contribution in [2.45, 2.75) is 20.8 Å². The smallest absolute Gasteiger partial charge is 0.404 e. The third-order valence-corrected chi connectivity index (χ3v) is 6.03. The van der Waals surface area contributed by atoms with Crippen LogP contribution in [0.15, 0.2) is 84.9 Å². The van der Waals surface area contributed by atoms with Gasteiger partial charge < -0.3 is 4.52 Å². The summed E-state index contributed by atoms with van der Waals surface area (Å²) in [5, 5.41) is 0. The summed E-state index contributed by atoms with van der Waals surface area (Å²) < 4.78 is 17.1. The van der Waals surface area contributed by atoms with Gasteiger partial charge in [-0.3, -0.25) is 9.79 Å². The molecule has 0 spiro atoms. The van der Waals surface area contributed by atoms with E-state index in [0.29, 0.717) is 11.1 Å². The summed E-state index contributed by atoms with van der Waals surface area (Å²) in [6, 6.07) is 28.1. The molecule has 2 N–H and O–H groups in total. The predicted molar refractivity (Wildman–Crippen MR) is 130 cm³/mol. The van der Waals surface area contributed by atoms with Gasteiger partial charge in [-0.1, -0.05) is 90.5 Å². The Hall–Kier alpha value is -3.17. The fraction of sp³-hybridized carbons (Fsp3) is 0.111. The molecule has 0 aliphatic rings. The summed E-state index contributed by atoms with van der Waals surface area (Å²) in [6.45, 7) is 5.76. The molecule has 4 aromatic rings. The molecule has 5 heteroatoms. The first kappa shape index (κ1) is 22.0. The van der Waals surface area contributed by atoms with Crippen LogP contribution in [0.25, 0.3) is 33.4 Å². The molecule has 0 bridgehead atoms. The van der Waals surface area contributed by atoms with Crippen LogP contribution >= 0.6 is 7.82 Å².